The van der Waals surface area contributed by atoms with Crippen molar-refractivity contribution in [2.75, 3.05) is 14.2 Å². The normalized spacial score (nSPS) is 12.2. The van der Waals surface area contributed by atoms with Crippen molar-refractivity contribution in [2.24, 2.45) is 0 Å². The molecular formula is C13H12BrClO3. The van der Waals surface area contributed by atoms with E-state index < -0.39 is 0 Å². The molecule has 3 nitrogen and oxygen atoms in total. The summed E-state index contributed by atoms with van der Waals surface area (Å²) < 4.78 is 16.6. The quantitative estimate of drug-likeness (QED) is 0.779. The van der Waals surface area contributed by atoms with E-state index in [1.807, 2.05) is 18.2 Å². The molecule has 18 heavy (non-hydrogen) atoms. The van der Waals surface area contributed by atoms with Crippen molar-refractivity contribution in [1.29, 1.82) is 0 Å². The monoisotopic (exact) mass is 330 g/mol. The molecular weight excluding hydrogens is 319 g/mol. The third kappa shape index (κ3) is 2.49. The lowest BCUT2D eigenvalue weighted by atomic mass is 10.1. The summed E-state index contributed by atoms with van der Waals surface area (Å²) in [6, 6.07) is 7.30. The molecule has 1 heterocycles. The number of methoxy groups -OCH3 is 2. The highest BCUT2D eigenvalue weighted by atomic mass is 79.9. The Morgan fingerprint density at radius 2 is 1.89 bits per heavy atom. The maximum Gasteiger partial charge on any atom is 0.161 e. The number of furan rings is 1. The van der Waals surface area contributed by atoms with Crippen molar-refractivity contribution in [3.63, 3.8) is 0 Å². The van der Waals surface area contributed by atoms with Gasteiger partial charge in [-0.2, -0.15) is 0 Å². The summed E-state index contributed by atoms with van der Waals surface area (Å²) >= 11 is 9.86. The highest BCUT2D eigenvalue weighted by Crippen LogP contribution is 2.40. The van der Waals surface area contributed by atoms with Crippen LogP contribution in [0.2, 0.25) is 0 Å². The van der Waals surface area contributed by atoms with Gasteiger partial charge in [0.2, 0.25) is 0 Å². The first-order valence-corrected chi connectivity index (χ1v) is 6.49. The van der Waals surface area contributed by atoms with Gasteiger partial charge >= 0.3 is 0 Å². The lowest BCUT2D eigenvalue weighted by Gasteiger charge is -2.14. The van der Waals surface area contributed by atoms with E-state index in [0.717, 1.165) is 10.0 Å². The van der Waals surface area contributed by atoms with Gasteiger partial charge in [0.15, 0.2) is 11.5 Å². The van der Waals surface area contributed by atoms with Crippen molar-refractivity contribution < 1.29 is 13.9 Å². The molecule has 0 N–H and O–H groups in total. The molecule has 0 aliphatic heterocycles. The molecule has 0 spiro atoms. The van der Waals surface area contributed by atoms with Gasteiger partial charge in [0.1, 0.15) is 11.1 Å². The zero-order valence-corrected chi connectivity index (χ0v) is 12.3. The van der Waals surface area contributed by atoms with E-state index in [-0.39, 0.29) is 5.38 Å². The Morgan fingerprint density at radius 1 is 1.22 bits per heavy atom. The molecule has 2 rings (SSSR count). The summed E-state index contributed by atoms with van der Waals surface area (Å²) in [5.41, 5.74) is 0.865. The average molecular weight is 332 g/mol. The fraction of sp³-hybridized carbons (Fsp3) is 0.231. The minimum absolute atomic E-state index is 0.380. The Bertz CT molecular complexity index is 525. The summed E-state index contributed by atoms with van der Waals surface area (Å²) in [4.78, 5) is 0. The van der Waals surface area contributed by atoms with Crippen molar-refractivity contribution in [2.45, 2.75) is 5.38 Å². The van der Waals surface area contributed by atoms with Crippen molar-refractivity contribution in [3.8, 4) is 11.5 Å². The smallest absolute Gasteiger partial charge is 0.161 e. The second-order valence-corrected chi connectivity index (χ2v) is 4.90. The van der Waals surface area contributed by atoms with Gasteiger partial charge in [-0.1, -0.05) is 15.9 Å². The molecule has 1 atom stereocenters. The average Bonchev–Trinajstić information content (AvgIpc) is 2.91. The Labute approximate surface area is 119 Å². The maximum absolute atomic E-state index is 6.38. The van der Waals surface area contributed by atoms with Crippen LogP contribution in [0, 0.1) is 0 Å². The molecule has 5 heteroatoms. The van der Waals surface area contributed by atoms with E-state index >= 15 is 0 Å². The number of hydrogen-bond donors (Lipinski definition) is 0. The number of ether oxygens (including phenoxy) is 2. The number of hydrogen-bond acceptors (Lipinski definition) is 3. The van der Waals surface area contributed by atoms with Crippen molar-refractivity contribution in [3.05, 3.63) is 46.3 Å². The van der Waals surface area contributed by atoms with Crippen LogP contribution in [0.4, 0.5) is 0 Å². The van der Waals surface area contributed by atoms with Crippen LogP contribution in [-0.2, 0) is 0 Å². The molecule has 0 amide bonds. The second-order valence-electron chi connectivity index (χ2n) is 3.61. The third-order valence-electron chi connectivity index (χ3n) is 2.57. The highest BCUT2D eigenvalue weighted by molar-refractivity contribution is 9.10. The fourth-order valence-electron chi connectivity index (χ4n) is 1.65. The zero-order valence-electron chi connectivity index (χ0n) is 9.94. The first-order valence-electron chi connectivity index (χ1n) is 5.26. The Morgan fingerprint density at radius 3 is 2.44 bits per heavy atom. The summed E-state index contributed by atoms with van der Waals surface area (Å²) in [5, 5.41) is -0.380. The number of halogens is 2. The lowest BCUT2D eigenvalue weighted by Crippen LogP contribution is -1.97. The van der Waals surface area contributed by atoms with Crippen LogP contribution in [0.5, 0.6) is 11.5 Å². The topological polar surface area (TPSA) is 31.6 Å². The molecule has 0 saturated heterocycles. The van der Waals surface area contributed by atoms with E-state index in [2.05, 4.69) is 15.9 Å². The molecule has 0 radical (unpaired) electrons. The van der Waals surface area contributed by atoms with Gasteiger partial charge in [0, 0.05) is 4.47 Å². The van der Waals surface area contributed by atoms with E-state index in [4.69, 9.17) is 25.5 Å². The standard InChI is InChI=1S/C13H12BrClO3/c1-16-11-6-8(9(14)7-12(11)17-2)13(15)10-4-3-5-18-10/h3-7,13H,1-2H3. The molecule has 1 aromatic heterocycles. The first-order chi connectivity index (χ1) is 8.67. The minimum Gasteiger partial charge on any atom is -0.493 e. The molecule has 0 aliphatic carbocycles. The number of alkyl halides is 1. The molecule has 0 aliphatic rings. The van der Waals surface area contributed by atoms with Crippen LogP contribution in [0.25, 0.3) is 0 Å². The predicted molar refractivity (Wildman–Crippen MR) is 73.7 cm³/mol. The van der Waals surface area contributed by atoms with Gasteiger partial charge in [-0.05, 0) is 29.8 Å². The van der Waals surface area contributed by atoms with Gasteiger partial charge in [-0.3, -0.25) is 0 Å². The van der Waals surface area contributed by atoms with E-state index in [1.165, 1.54) is 0 Å². The Balaban J connectivity index is 2.45. The number of rotatable bonds is 4. The third-order valence-corrected chi connectivity index (χ3v) is 3.71. The molecule has 0 saturated carbocycles. The molecule has 96 valence electrons. The van der Waals surface area contributed by atoms with Crippen LogP contribution in [-0.4, -0.2) is 14.2 Å². The van der Waals surface area contributed by atoms with Crippen LogP contribution in [0.1, 0.15) is 16.7 Å². The summed E-state index contributed by atoms with van der Waals surface area (Å²) in [5.74, 6) is 1.97. The van der Waals surface area contributed by atoms with Crippen LogP contribution in [0.15, 0.2) is 39.4 Å². The molecule has 0 fully saturated rings. The van der Waals surface area contributed by atoms with E-state index in [1.54, 1.807) is 26.5 Å². The van der Waals surface area contributed by atoms with Crippen molar-refractivity contribution in [1.82, 2.24) is 0 Å². The highest BCUT2D eigenvalue weighted by Gasteiger charge is 2.19. The van der Waals surface area contributed by atoms with Crippen LogP contribution >= 0.6 is 27.5 Å². The van der Waals surface area contributed by atoms with Gasteiger partial charge in [0.25, 0.3) is 0 Å². The van der Waals surface area contributed by atoms with Crippen molar-refractivity contribution >= 4 is 27.5 Å². The minimum atomic E-state index is -0.380. The first kappa shape index (κ1) is 13.3. The molecule has 1 aromatic carbocycles. The molecule has 1 unspecified atom stereocenters. The summed E-state index contributed by atoms with van der Waals surface area (Å²) in [7, 11) is 3.18. The largest absolute Gasteiger partial charge is 0.493 e. The zero-order chi connectivity index (χ0) is 13.1. The predicted octanol–water partition coefficient (Wildman–Crippen LogP) is 4.39. The second kappa shape index (κ2) is 5.67. The summed E-state index contributed by atoms with van der Waals surface area (Å²) in [6.07, 6.45) is 1.60. The van der Waals surface area contributed by atoms with Gasteiger partial charge in [0.05, 0.1) is 20.5 Å². The van der Waals surface area contributed by atoms with E-state index in [0.29, 0.717) is 17.3 Å². The van der Waals surface area contributed by atoms with E-state index in [9.17, 15) is 0 Å². The van der Waals surface area contributed by atoms with Gasteiger partial charge in [-0.15, -0.1) is 11.6 Å². The number of benzene rings is 1. The molecule has 2 aromatic rings. The fourth-order valence-corrected chi connectivity index (χ4v) is 2.64. The Hall–Kier alpha value is -1.13. The van der Waals surface area contributed by atoms with Crippen LogP contribution in [0.3, 0.4) is 0 Å². The molecule has 0 bridgehead atoms. The Kier molecular flexibility index (Phi) is 4.19. The maximum atomic E-state index is 6.38. The lowest BCUT2D eigenvalue weighted by molar-refractivity contribution is 0.354. The van der Waals surface area contributed by atoms with Gasteiger partial charge in [-0.25, -0.2) is 0 Å². The SMILES string of the molecule is COc1cc(Br)c(C(Cl)c2ccco2)cc1OC. The summed E-state index contributed by atoms with van der Waals surface area (Å²) in [6.45, 7) is 0. The van der Waals surface area contributed by atoms with Gasteiger partial charge < -0.3 is 13.9 Å². The van der Waals surface area contributed by atoms with Crippen LogP contribution < -0.4 is 9.47 Å².